The van der Waals surface area contributed by atoms with Gasteiger partial charge in [-0.1, -0.05) is 6.07 Å². The number of hydrogen-bond donors (Lipinski definition) is 0. The molecule has 0 spiro atoms. The van der Waals surface area contributed by atoms with E-state index in [2.05, 4.69) is 4.98 Å². The van der Waals surface area contributed by atoms with E-state index in [4.69, 9.17) is 0 Å². The first-order valence-corrected chi connectivity index (χ1v) is 4.64. The van der Waals surface area contributed by atoms with E-state index in [-0.39, 0.29) is 11.5 Å². The number of benzene rings is 1. The Morgan fingerprint density at radius 2 is 2.06 bits per heavy atom. The smallest absolute Gasteiger partial charge is 0.278 e. The molecule has 0 N–H and O–H groups in total. The number of pyridine rings is 1. The molecule has 5 heteroatoms. The first-order chi connectivity index (χ1) is 7.59. The molecule has 1 heterocycles. The maximum absolute atomic E-state index is 11.1. The van der Waals surface area contributed by atoms with E-state index in [0.29, 0.717) is 16.6 Å². The molecule has 5 nitrogen and oxygen atoms in total. The zero-order chi connectivity index (χ0) is 11.7. The standard InChI is InChI=1S/C11H8N2O3/c1-7(14)9-6-5-8-10(12-9)3-2-4-11(8)13(15)16/h2-6H,1H3. The second-order valence-electron chi connectivity index (χ2n) is 3.35. The minimum atomic E-state index is -0.461. The largest absolute Gasteiger partial charge is 0.293 e. The van der Waals surface area contributed by atoms with Gasteiger partial charge in [-0.2, -0.15) is 0 Å². The highest BCUT2D eigenvalue weighted by Crippen LogP contribution is 2.24. The molecule has 0 atom stereocenters. The van der Waals surface area contributed by atoms with Gasteiger partial charge < -0.3 is 0 Å². The Hall–Kier alpha value is -2.30. The van der Waals surface area contributed by atoms with Gasteiger partial charge in [-0.05, 0) is 18.2 Å². The van der Waals surface area contributed by atoms with Crippen molar-refractivity contribution in [3.63, 3.8) is 0 Å². The normalized spacial score (nSPS) is 10.3. The van der Waals surface area contributed by atoms with Gasteiger partial charge in [0, 0.05) is 13.0 Å². The second-order valence-corrected chi connectivity index (χ2v) is 3.35. The van der Waals surface area contributed by atoms with Crippen LogP contribution in [0.5, 0.6) is 0 Å². The molecule has 16 heavy (non-hydrogen) atoms. The van der Waals surface area contributed by atoms with Crippen molar-refractivity contribution >= 4 is 22.4 Å². The molecular formula is C11H8N2O3. The lowest BCUT2D eigenvalue weighted by molar-refractivity contribution is -0.383. The first kappa shape index (κ1) is 10.2. The molecule has 0 aliphatic heterocycles. The molecule has 1 aromatic carbocycles. The van der Waals surface area contributed by atoms with E-state index in [1.165, 1.54) is 19.1 Å². The van der Waals surface area contributed by atoms with Gasteiger partial charge in [0.1, 0.15) is 5.69 Å². The molecule has 0 aliphatic rings. The summed E-state index contributed by atoms with van der Waals surface area (Å²) in [6, 6.07) is 7.67. The minimum absolute atomic E-state index is 0.0000945. The topological polar surface area (TPSA) is 73.1 Å². The number of carbonyl (C=O) groups is 1. The number of carbonyl (C=O) groups excluding carboxylic acids is 1. The van der Waals surface area contributed by atoms with Crippen molar-refractivity contribution in [1.82, 2.24) is 4.98 Å². The van der Waals surface area contributed by atoms with Gasteiger partial charge in [0.05, 0.1) is 15.8 Å². The highest BCUT2D eigenvalue weighted by atomic mass is 16.6. The number of fused-ring (bicyclic) bond motifs is 1. The lowest BCUT2D eigenvalue weighted by Crippen LogP contribution is -1.97. The van der Waals surface area contributed by atoms with E-state index in [9.17, 15) is 14.9 Å². The summed E-state index contributed by atoms with van der Waals surface area (Å²) >= 11 is 0. The van der Waals surface area contributed by atoms with Crippen LogP contribution in [0.3, 0.4) is 0 Å². The molecule has 2 rings (SSSR count). The summed E-state index contributed by atoms with van der Waals surface area (Å²) in [5.41, 5.74) is 0.773. The van der Waals surface area contributed by atoms with E-state index in [1.807, 2.05) is 0 Å². The quantitative estimate of drug-likeness (QED) is 0.438. The molecular weight excluding hydrogens is 208 g/mol. The van der Waals surface area contributed by atoms with Crippen molar-refractivity contribution in [1.29, 1.82) is 0 Å². The molecule has 0 saturated carbocycles. The Balaban J connectivity index is 2.73. The van der Waals surface area contributed by atoms with Crippen LogP contribution in [0.15, 0.2) is 30.3 Å². The number of hydrogen-bond acceptors (Lipinski definition) is 4. The zero-order valence-corrected chi connectivity index (χ0v) is 8.51. The number of nitro benzene ring substituents is 1. The molecule has 0 radical (unpaired) electrons. The molecule has 0 aliphatic carbocycles. The van der Waals surface area contributed by atoms with Crippen molar-refractivity contribution in [3.05, 3.63) is 46.1 Å². The fraction of sp³-hybridized carbons (Fsp3) is 0.0909. The van der Waals surface area contributed by atoms with Crippen molar-refractivity contribution in [2.45, 2.75) is 6.92 Å². The van der Waals surface area contributed by atoms with Crippen LogP contribution in [-0.4, -0.2) is 15.7 Å². The van der Waals surface area contributed by atoms with Gasteiger partial charge in [0.15, 0.2) is 5.78 Å². The Labute approximate surface area is 90.9 Å². The van der Waals surface area contributed by atoms with Crippen LogP contribution < -0.4 is 0 Å². The number of aromatic nitrogens is 1. The molecule has 1 aromatic heterocycles. The number of nitrogens with zero attached hydrogens (tertiary/aromatic N) is 2. The molecule has 0 amide bonds. The van der Waals surface area contributed by atoms with E-state index in [0.717, 1.165) is 0 Å². The molecule has 0 bridgehead atoms. The third-order valence-corrected chi connectivity index (χ3v) is 2.27. The lowest BCUT2D eigenvalue weighted by atomic mass is 10.1. The van der Waals surface area contributed by atoms with Crippen molar-refractivity contribution in [2.24, 2.45) is 0 Å². The van der Waals surface area contributed by atoms with Crippen LogP contribution in [-0.2, 0) is 0 Å². The van der Waals surface area contributed by atoms with Gasteiger partial charge in [-0.15, -0.1) is 0 Å². The fourth-order valence-electron chi connectivity index (χ4n) is 1.49. The van der Waals surface area contributed by atoms with Gasteiger partial charge in [-0.3, -0.25) is 14.9 Å². The van der Waals surface area contributed by atoms with Crippen molar-refractivity contribution in [2.75, 3.05) is 0 Å². The summed E-state index contributed by atoms with van der Waals surface area (Å²) in [5, 5.41) is 11.2. The summed E-state index contributed by atoms with van der Waals surface area (Å²) in [5.74, 6) is -0.159. The summed E-state index contributed by atoms with van der Waals surface area (Å²) in [6.45, 7) is 1.41. The average molecular weight is 216 g/mol. The highest BCUT2D eigenvalue weighted by molar-refractivity contribution is 5.96. The van der Waals surface area contributed by atoms with E-state index < -0.39 is 4.92 Å². The Morgan fingerprint density at radius 1 is 1.31 bits per heavy atom. The number of Topliss-reactive ketones (excluding diaryl/α,β-unsaturated/α-hetero) is 1. The number of rotatable bonds is 2. The van der Waals surface area contributed by atoms with Gasteiger partial charge in [-0.25, -0.2) is 4.98 Å². The summed E-state index contributed by atoms with van der Waals surface area (Å²) in [4.78, 5) is 25.5. The van der Waals surface area contributed by atoms with Gasteiger partial charge in [0.25, 0.3) is 5.69 Å². The molecule has 2 aromatic rings. The lowest BCUT2D eigenvalue weighted by Gasteiger charge is -2.00. The SMILES string of the molecule is CC(=O)c1ccc2c([N+](=O)[O-])cccc2n1. The predicted molar refractivity (Wildman–Crippen MR) is 58.4 cm³/mol. The molecule has 0 unspecified atom stereocenters. The van der Waals surface area contributed by atoms with Gasteiger partial charge >= 0.3 is 0 Å². The van der Waals surface area contributed by atoms with Crippen LogP contribution in [0.25, 0.3) is 10.9 Å². The minimum Gasteiger partial charge on any atom is -0.293 e. The van der Waals surface area contributed by atoms with Gasteiger partial charge in [0.2, 0.25) is 0 Å². The van der Waals surface area contributed by atoms with Crippen LogP contribution in [0, 0.1) is 10.1 Å². The van der Waals surface area contributed by atoms with Crippen molar-refractivity contribution < 1.29 is 9.72 Å². The molecule has 0 saturated heterocycles. The fourth-order valence-corrected chi connectivity index (χ4v) is 1.49. The monoisotopic (exact) mass is 216 g/mol. The number of nitro groups is 1. The summed E-state index contributed by atoms with van der Waals surface area (Å²) in [7, 11) is 0. The highest BCUT2D eigenvalue weighted by Gasteiger charge is 2.12. The Kier molecular flexibility index (Phi) is 2.36. The summed E-state index contributed by atoms with van der Waals surface area (Å²) < 4.78 is 0. The maximum Gasteiger partial charge on any atom is 0.278 e. The van der Waals surface area contributed by atoms with Crippen LogP contribution in [0.2, 0.25) is 0 Å². The average Bonchev–Trinajstić information content (AvgIpc) is 2.27. The second kappa shape index (κ2) is 3.69. The van der Waals surface area contributed by atoms with Crippen LogP contribution in [0.1, 0.15) is 17.4 Å². The van der Waals surface area contributed by atoms with E-state index >= 15 is 0 Å². The first-order valence-electron chi connectivity index (χ1n) is 4.64. The van der Waals surface area contributed by atoms with Crippen molar-refractivity contribution in [3.8, 4) is 0 Å². The van der Waals surface area contributed by atoms with Crippen LogP contribution in [0.4, 0.5) is 5.69 Å². The number of non-ortho nitro benzene ring substituents is 1. The third kappa shape index (κ3) is 1.63. The zero-order valence-electron chi connectivity index (χ0n) is 8.51. The molecule has 0 fully saturated rings. The molecule has 80 valence electrons. The third-order valence-electron chi connectivity index (χ3n) is 2.27. The van der Waals surface area contributed by atoms with E-state index in [1.54, 1.807) is 18.2 Å². The maximum atomic E-state index is 11.1. The predicted octanol–water partition coefficient (Wildman–Crippen LogP) is 2.35. The van der Waals surface area contributed by atoms with Crippen LogP contribution >= 0.6 is 0 Å². The Bertz CT molecular complexity index is 593. The Morgan fingerprint density at radius 3 is 2.69 bits per heavy atom. The number of ketones is 1. The summed E-state index contributed by atoms with van der Waals surface area (Å²) in [6.07, 6.45) is 0.